The minimum Gasteiger partial charge on any atom is -0.409 e. The molecule has 0 heterocycles. The van der Waals surface area contributed by atoms with Crippen LogP contribution in [0.5, 0.6) is 0 Å². The molecule has 1 aliphatic rings. The second-order valence-electron chi connectivity index (χ2n) is 3.61. The summed E-state index contributed by atoms with van der Waals surface area (Å²) in [6, 6.07) is 0.770. The van der Waals surface area contributed by atoms with Crippen molar-refractivity contribution in [3.05, 3.63) is 0 Å². The number of hydrogen-bond acceptors (Lipinski definition) is 3. The summed E-state index contributed by atoms with van der Waals surface area (Å²) in [6.45, 7) is 4.23. The Kier molecular flexibility index (Phi) is 4.02. The van der Waals surface area contributed by atoms with Crippen LogP contribution in [0.15, 0.2) is 5.16 Å². The first-order valence-corrected chi connectivity index (χ1v) is 4.98. The molecule has 0 aromatic heterocycles. The first kappa shape index (κ1) is 10.3. The van der Waals surface area contributed by atoms with Crippen LogP contribution in [-0.2, 0) is 0 Å². The molecule has 0 spiro atoms. The molecule has 0 saturated heterocycles. The highest BCUT2D eigenvalue weighted by atomic mass is 16.4. The first-order valence-electron chi connectivity index (χ1n) is 4.98. The molecular weight excluding hydrogens is 166 g/mol. The number of nitrogens with zero attached hydrogens (tertiary/aromatic N) is 2. The molecule has 0 aromatic carbocycles. The average molecular weight is 185 g/mol. The molecule has 1 fully saturated rings. The number of rotatable bonds is 6. The van der Waals surface area contributed by atoms with Crippen molar-refractivity contribution in [3.8, 4) is 0 Å². The first-order chi connectivity index (χ1) is 6.27. The summed E-state index contributed by atoms with van der Waals surface area (Å²) in [5, 5.41) is 11.3. The molecule has 0 aliphatic heterocycles. The second kappa shape index (κ2) is 5.07. The highest BCUT2D eigenvalue weighted by Gasteiger charge is 2.27. The lowest BCUT2D eigenvalue weighted by atomic mass is 10.3. The summed E-state index contributed by atoms with van der Waals surface area (Å²) in [5.74, 6) is 0.335. The van der Waals surface area contributed by atoms with Gasteiger partial charge in [-0.25, -0.2) is 0 Å². The summed E-state index contributed by atoms with van der Waals surface area (Å²) >= 11 is 0. The van der Waals surface area contributed by atoms with Crippen molar-refractivity contribution in [3.63, 3.8) is 0 Å². The van der Waals surface area contributed by atoms with E-state index in [0.717, 1.165) is 19.1 Å². The fourth-order valence-electron chi connectivity index (χ4n) is 1.51. The van der Waals surface area contributed by atoms with E-state index in [-0.39, 0.29) is 0 Å². The SMILES string of the molecule is CCCN(CC/C(N)=N/O)C1CC1. The van der Waals surface area contributed by atoms with Crippen LogP contribution < -0.4 is 5.73 Å². The lowest BCUT2D eigenvalue weighted by Crippen LogP contribution is -2.30. The zero-order valence-electron chi connectivity index (χ0n) is 8.24. The molecule has 0 radical (unpaired) electrons. The number of oxime groups is 1. The predicted molar refractivity (Wildman–Crippen MR) is 52.9 cm³/mol. The smallest absolute Gasteiger partial charge is 0.140 e. The Labute approximate surface area is 79.4 Å². The van der Waals surface area contributed by atoms with Crippen molar-refractivity contribution >= 4 is 5.84 Å². The molecular formula is C9H19N3O. The van der Waals surface area contributed by atoms with Crippen LogP contribution in [0, 0.1) is 0 Å². The lowest BCUT2D eigenvalue weighted by Gasteiger charge is -2.20. The summed E-state index contributed by atoms with van der Waals surface area (Å²) in [4.78, 5) is 2.43. The van der Waals surface area contributed by atoms with Crippen molar-refractivity contribution in [1.29, 1.82) is 0 Å². The van der Waals surface area contributed by atoms with Crippen molar-refractivity contribution in [2.24, 2.45) is 10.9 Å². The molecule has 1 saturated carbocycles. The molecule has 1 aliphatic carbocycles. The van der Waals surface area contributed by atoms with Gasteiger partial charge < -0.3 is 10.9 Å². The van der Waals surface area contributed by atoms with E-state index in [9.17, 15) is 0 Å². The molecule has 1 rings (SSSR count). The zero-order valence-corrected chi connectivity index (χ0v) is 8.24. The van der Waals surface area contributed by atoms with Gasteiger partial charge in [0.15, 0.2) is 0 Å². The standard InChI is InChI=1S/C9H19N3O/c1-2-6-12(8-3-4-8)7-5-9(10)11-13/h8,13H,2-7H2,1H3,(H2,10,11). The van der Waals surface area contributed by atoms with E-state index in [4.69, 9.17) is 10.9 Å². The van der Waals surface area contributed by atoms with Crippen LogP contribution in [0.2, 0.25) is 0 Å². The van der Waals surface area contributed by atoms with Gasteiger partial charge in [0.25, 0.3) is 0 Å². The second-order valence-corrected chi connectivity index (χ2v) is 3.61. The van der Waals surface area contributed by atoms with E-state index < -0.39 is 0 Å². The maximum absolute atomic E-state index is 8.38. The van der Waals surface area contributed by atoms with Gasteiger partial charge in [0.2, 0.25) is 0 Å². The molecule has 4 nitrogen and oxygen atoms in total. The van der Waals surface area contributed by atoms with E-state index in [1.807, 2.05) is 0 Å². The highest BCUT2D eigenvalue weighted by Crippen LogP contribution is 2.26. The third kappa shape index (κ3) is 3.63. The fourth-order valence-corrected chi connectivity index (χ4v) is 1.51. The maximum atomic E-state index is 8.38. The monoisotopic (exact) mass is 185 g/mol. The summed E-state index contributed by atoms with van der Waals surface area (Å²) in [7, 11) is 0. The minimum absolute atomic E-state index is 0.335. The third-order valence-corrected chi connectivity index (χ3v) is 2.36. The summed E-state index contributed by atoms with van der Waals surface area (Å²) in [6.07, 6.45) is 4.48. The van der Waals surface area contributed by atoms with Crippen molar-refractivity contribution in [2.45, 2.75) is 38.6 Å². The summed E-state index contributed by atoms with van der Waals surface area (Å²) in [5.41, 5.74) is 5.41. The van der Waals surface area contributed by atoms with Crippen LogP contribution >= 0.6 is 0 Å². The largest absolute Gasteiger partial charge is 0.409 e. The van der Waals surface area contributed by atoms with Crippen LogP contribution in [0.3, 0.4) is 0 Å². The normalized spacial score (nSPS) is 18.2. The van der Waals surface area contributed by atoms with Gasteiger partial charge >= 0.3 is 0 Å². The number of hydrogen-bond donors (Lipinski definition) is 2. The molecule has 0 atom stereocenters. The Bertz CT molecular complexity index is 178. The van der Waals surface area contributed by atoms with Crippen molar-refractivity contribution in [1.82, 2.24) is 4.90 Å². The highest BCUT2D eigenvalue weighted by molar-refractivity contribution is 5.79. The van der Waals surface area contributed by atoms with Gasteiger partial charge in [-0.1, -0.05) is 12.1 Å². The van der Waals surface area contributed by atoms with Crippen LogP contribution in [0.25, 0.3) is 0 Å². The molecule has 76 valence electrons. The average Bonchev–Trinajstić information content (AvgIpc) is 2.94. The van der Waals surface area contributed by atoms with Crippen LogP contribution in [-0.4, -0.2) is 35.1 Å². The van der Waals surface area contributed by atoms with E-state index in [1.165, 1.54) is 19.3 Å². The maximum Gasteiger partial charge on any atom is 0.140 e. The Morgan fingerprint density at radius 2 is 2.23 bits per heavy atom. The Hall–Kier alpha value is -0.770. The molecule has 13 heavy (non-hydrogen) atoms. The molecule has 0 amide bonds. The van der Waals surface area contributed by atoms with E-state index in [2.05, 4.69) is 17.0 Å². The van der Waals surface area contributed by atoms with Crippen LogP contribution in [0.1, 0.15) is 32.6 Å². The van der Waals surface area contributed by atoms with Gasteiger partial charge in [0.1, 0.15) is 5.84 Å². The van der Waals surface area contributed by atoms with Gasteiger partial charge in [-0.15, -0.1) is 0 Å². The lowest BCUT2D eigenvalue weighted by molar-refractivity contribution is 0.268. The number of amidine groups is 1. The topological polar surface area (TPSA) is 61.8 Å². The van der Waals surface area contributed by atoms with Gasteiger partial charge in [0.05, 0.1) is 0 Å². The Morgan fingerprint density at radius 1 is 1.54 bits per heavy atom. The zero-order chi connectivity index (χ0) is 9.68. The molecule has 0 aromatic rings. The molecule has 3 N–H and O–H groups in total. The predicted octanol–water partition coefficient (Wildman–Crippen LogP) is 0.997. The van der Waals surface area contributed by atoms with E-state index in [0.29, 0.717) is 12.3 Å². The quantitative estimate of drug-likeness (QED) is 0.281. The van der Waals surface area contributed by atoms with E-state index in [1.54, 1.807) is 0 Å². The fraction of sp³-hybridized carbons (Fsp3) is 0.889. The Balaban J connectivity index is 2.21. The molecule has 0 bridgehead atoms. The molecule has 0 unspecified atom stereocenters. The van der Waals surface area contributed by atoms with Gasteiger partial charge in [-0.3, -0.25) is 4.90 Å². The van der Waals surface area contributed by atoms with Crippen molar-refractivity contribution in [2.75, 3.05) is 13.1 Å². The van der Waals surface area contributed by atoms with E-state index >= 15 is 0 Å². The van der Waals surface area contributed by atoms with Gasteiger partial charge in [-0.2, -0.15) is 0 Å². The summed E-state index contributed by atoms with van der Waals surface area (Å²) < 4.78 is 0. The number of nitrogens with two attached hydrogens (primary N) is 1. The Morgan fingerprint density at radius 3 is 2.69 bits per heavy atom. The minimum atomic E-state index is 0.335. The van der Waals surface area contributed by atoms with Crippen molar-refractivity contribution < 1.29 is 5.21 Å². The third-order valence-electron chi connectivity index (χ3n) is 2.36. The van der Waals surface area contributed by atoms with Gasteiger partial charge in [-0.05, 0) is 25.8 Å². The van der Waals surface area contributed by atoms with Crippen LogP contribution in [0.4, 0.5) is 0 Å². The molecule has 4 heteroatoms. The van der Waals surface area contributed by atoms with Gasteiger partial charge in [0, 0.05) is 19.0 Å².